The first-order chi connectivity index (χ1) is 14.1. The summed E-state index contributed by atoms with van der Waals surface area (Å²) in [5, 5.41) is 0. The SMILES string of the molecule is CC12C(=O)N(c3ccc(N)cc3)C(=O)C1C1(C)C(=O)N(c3ccc([NH3+])cc3)C(=O)C21. The summed E-state index contributed by atoms with van der Waals surface area (Å²) in [5.74, 6) is -3.59. The zero-order valence-corrected chi connectivity index (χ0v) is 16.6. The van der Waals surface area contributed by atoms with Crippen molar-refractivity contribution < 1.29 is 24.9 Å². The van der Waals surface area contributed by atoms with Gasteiger partial charge in [0.05, 0.1) is 34.0 Å². The number of imide groups is 2. The summed E-state index contributed by atoms with van der Waals surface area (Å²) in [6.45, 7) is 3.24. The molecular formula is C22H21N4O4+. The topological polar surface area (TPSA) is 128 Å². The zero-order chi connectivity index (χ0) is 21.6. The van der Waals surface area contributed by atoms with Crippen molar-refractivity contribution in [2.75, 3.05) is 15.5 Å². The molecule has 1 saturated carbocycles. The molecule has 2 aromatic rings. The van der Waals surface area contributed by atoms with Crippen LogP contribution in [0, 0.1) is 22.7 Å². The van der Waals surface area contributed by atoms with Gasteiger partial charge in [-0.25, -0.2) is 9.80 Å². The molecule has 8 nitrogen and oxygen atoms in total. The van der Waals surface area contributed by atoms with Gasteiger partial charge >= 0.3 is 0 Å². The van der Waals surface area contributed by atoms with E-state index in [9.17, 15) is 19.2 Å². The average molecular weight is 405 g/mol. The third-order valence-corrected chi connectivity index (χ3v) is 7.01. The van der Waals surface area contributed by atoms with Crippen molar-refractivity contribution in [3.63, 3.8) is 0 Å². The summed E-state index contributed by atoms with van der Waals surface area (Å²) < 4.78 is 0. The first-order valence-electron chi connectivity index (χ1n) is 9.68. The van der Waals surface area contributed by atoms with Crippen LogP contribution in [0.4, 0.5) is 22.7 Å². The lowest BCUT2D eigenvalue weighted by Crippen LogP contribution is -2.65. The predicted octanol–water partition coefficient (Wildman–Crippen LogP) is 0.847. The van der Waals surface area contributed by atoms with Crippen LogP contribution < -0.4 is 21.3 Å². The molecule has 2 aromatic carbocycles. The van der Waals surface area contributed by atoms with Crippen molar-refractivity contribution in [1.29, 1.82) is 0 Å². The maximum atomic E-state index is 13.4. The van der Waals surface area contributed by atoms with Gasteiger partial charge in [0.15, 0.2) is 0 Å². The molecule has 4 atom stereocenters. The predicted molar refractivity (Wildman–Crippen MR) is 108 cm³/mol. The monoisotopic (exact) mass is 405 g/mol. The van der Waals surface area contributed by atoms with Gasteiger partial charge in [-0.3, -0.25) is 19.2 Å². The third-order valence-electron chi connectivity index (χ3n) is 7.01. The number of carbonyl (C=O) groups excluding carboxylic acids is 4. The fraction of sp³-hybridized carbons (Fsp3) is 0.273. The molecule has 152 valence electrons. The van der Waals surface area contributed by atoms with E-state index in [4.69, 9.17) is 5.73 Å². The fourth-order valence-electron chi connectivity index (χ4n) is 5.70. The van der Waals surface area contributed by atoms with Crippen molar-refractivity contribution >= 4 is 46.4 Å². The average Bonchev–Trinajstić information content (AvgIpc) is 2.98. The highest BCUT2D eigenvalue weighted by Crippen LogP contribution is 2.71. The summed E-state index contributed by atoms with van der Waals surface area (Å²) in [4.78, 5) is 55.7. The van der Waals surface area contributed by atoms with Gasteiger partial charge in [-0.2, -0.15) is 0 Å². The van der Waals surface area contributed by atoms with Gasteiger partial charge in [-0.05, 0) is 50.2 Å². The van der Waals surface area contributed by atoms with Crippen LogP contribution in [0.15, 0.2) is 48.5 Å². The van der Waals surface area contributed by atoms with E-state index in [1.165, 1.54) is 0 Å². The van der Waals surface area contributed by atoms with Crippen molar-refractivity contribution in [2.24, 2.45) is 22.7 Å². The summed E-state index contributed by atoms with van der Waals surface area (Å²) >= 11 is 0. The molecular weight excluding hydrogens is 384 g/mol. The number of hydrogen-bond donors (Lipinski definition) is 2. The highest BCUT2D eigenvalue weighted by atomic mass is 16.2. The molecule has 0 radical (unpaired) electrons. The maximum absolute atomic E-state index is 13.4. The summed E-state index contributed by atoms with van der Waals surface area (Å²) in [6, 6.07) is 13.1. The molecule has 0 aromatic heterocycles. The maximum Gasteiger partial charge on any atom is 0.241 e. The van der Waals surface area contributed by atoms with Crippen LogP contribution in [-0.2, 0) is 19.2 Å². The molecule has 0 bridgehead atoms. The second kappa shape index (κ2) is 5.54. The minimum Gasteiger partial charge on any atom is -0.399 e. The Morgan fingerprint density at radius 1 is 0.733 bits per heavy atom. The van der Waals surface area contributed by atoms with Crippen LogP contribution in [0.5, 0.6) is 0 Å². The molecule has 8 heteroatoms. The van der Waals surface area contributed by atoms with Crippen LogP contribution in [0.3, 0.4) is 0 Å². The Morgan fingerprint density at radius 3 is 1.50 bits per heavy atom. The van der Waals surface area contributed by atoms with Crippen molar-refractivity contribution in [3.8, 4) is 0 Å². The van der Waals surface area contributed by atoms with Crippen molar-refractivity contribution in [3.05, 3.63) is 48.5 Å². The number of anilines is 3. The lowest BCUT2D eigenvalue weighted by molar-refractivity contribution is -0.254. The smallest absolute Gasteiger partial charge is 0.241 e. The number of hydrogen-bond acceptors (Lipinski definition) is 5. The summed E-state index contributed by atoms with van der Waals surface area (Å²) in [7, 11) is 0. The van der Waals surface area contributed by atoms with Gasteiger partial charge in [0.25, 0.3) is 0 Å². The molecule has 2 saturated heterocycles. The number of nitrogens with zero attached hydrogens (tertiary/aromatic N) is 2. The Bertz CT molecular complexity index is 1040. The number of nitrogens with two attached hydrogens (primary N) is 1. The van der Waals surface area contributed by atoms with Crippen LogP contribution in [0.25, 0.3) is 0 Å². The largest absolute Gasteiger partial charge is 0.399 e. The number of fused-ring (bicyclic) bond motifs is 4. The van der Waals surface area contributed by atoms with Crippen molar-refractivity contribution in [1.82, 2.24) is 0 Å². The number of rotatable bonds is 2. The minimum absolute atomic E-state index is 0.388. The number of quaternary nitrogens is 1. The lowest BCUT2D eigenvalue weighted by Gasteiger charge is -2.53. The van der Waals surface area contributed by atoms with E-state index < -0.39 is 46.3 Å². The Labute approximate surface area is 172 Å². The highest BCUT2D eigenvalue weighted by Gasteiger charge is 2.85. The van der Waals surface area contributed by atoms with Crippen LogP contribution in [-0.4, -0.2) is 23.6 Å². The molecule has 3 aliphatic rings. The molecule has 2 aliphatic heterocycles. The van der Waals surface area contributed by atoms with Crippen LogP contribution >= 0.6 is 0 Å². The molecule has 5 N–H and O–H groups in total. The second-order valence-electron chi connectivity index (χ2n) is 8.65. The second-order valence-corrected chi connectivity index (χ2v) is 8.65. The van der Waals surface area contributed by atoms with Crippen LogP contribution in [0.1, 0.15) is 13.8 Å². The standard InChI is InChI=1S/C22H20N4O4/c1-21-15(17(27)25(19(21)29)13-7-3-11(23)4-8-13)22(2)16(21)18(28)26(20(22)30)14-9-5-12(24)6-10-14/h3-10,15-16H,23-24H2,1-2H3/p+1. The van der Waals surface area contributed by atoms with Gasteiger partial charge in [0, 0.05) is 17.8 Å². The van der Waals surface area contributed by atoms with Gasteiger partial charge in [-0.1, -0.05) is 0 Å². The Kier molecular flexibility index (Phi) is 3.42. The van der Waals surface area contributed by atoms with Gasteiger partial charge < -0.3 is 11.5 Å². The summed E-state index contributed by atoms with van der Waals surface area (Å²) in [5.41, 5.74) is 9.07. The number of nitrogen functional groups attached to an aromatic ring is 1. The van der Waals surface area contributed by atoms with E-state index in [1.54, 1.807) is 62.4 Å². The van der Waals surface area contributed by atoms with Crippen molar-refractivity contribution in [2.45, 2.75) is 13.8 Å². The molecule has 1 aliphatic carbocycles. The van der Waals surface area contributed by atoms with E-state index in [1.807, 2.05) is 0 Å². The Balaban J connectivity index is 1.58. The zero-order valence-electron chi connectivity index (χ0n) is 16.6. The molecule has 2 heterocycles. The highest BCUT2D eigenvalue weighted by molar-refractivity contribution is 6.34. The Morgan fingerprint density at radius 2 is 1.10 bits per heavy atom. The normalized spacial score (nSPS) is 32.4. The van der Waals surface area contributed by atoms with E-state index >= 15 is 0 Å². The van der Waals surface area contributed by atoms with E-state index in [0.717, 1.165) is 15.5 Å². The number of benzene rings is 2. The number of amides is 4. The lowest BCUT2D eigenvalue weighted by atomic mass is 9.41. The first-order valence-corrected chi connectivity index (χ1v) is 9.68. The minimum atomic E-state index is -1.26. The van der Waals surface area contributed by atoms with Crippen LogP contribution in [0.2, 0.25) is 0 Å². The van der Waals surface area contributed by atoms with E-state index in [2.05, 4.69) is 5.73 Å². The molecule has 4 unspecified atom stereocenters. The third kappa shape index (κ3) is 1.89. The molecule has 30 heavy (non-hydrogen) atoms. The number of carbonyl (C=O) groups is 4. The first kappa shape index (κ1) is 18.5. The van der Waals surface area contributed by atoms with Gasteiger partial charge in [0.2, 0.25) is 23.6 Å². The quantitative estimate of drug-likeness (QED) is 0.565. The Hall–Kier alpha value is -3.52. The molecule has 5 rings (SSSR count). The molecule has 4 amide bonds. The summed E-state index contributed by atoms with van der Waals surface area (Å²) in [6.07, 6.45) is 0. The van der Waals surface area contributed by atoms with Gasteiger partial charge in [-0.15, -0.1) is 0 Å². The van der Waals surface area contributed by atoms with E-state index in [0.29, 0.717) is 17.1 Å². The molecule has 0 spiro atoms. The molecule has 3 fully saturated rings. The van der Waals surface area contributed by atoms with E-state index in [-0.39, 0.29) is 0 Å². The fourth-order valence-corrected chi connectivity index (χ4v) is 5.70. The van der Waals surface area contributed by atoms with Gasteiger partial charge in [0.1, 0.15) is 5.69 Å².